The lowest BCUT2D eigenvalue weighted by Crippen LogP contribution is -2.32. The monoisotopic (exact) mass is 201 g/mol. The van der Waals surface area contributed by atoms with E-state index >= 15 is 0 Å². The second kappa shape index (κ2) is 7.76. The number of carbonyl (C=O) groups excluding carboxylic acids is 1. The van der Waals surface area contributed by atoms with Crippen LogP contribution in [0.4, 0.5) is 0 Å². The van der Waals surface area contributed by atoms with Gasteiger partial charge in [-0.2, -0.15) is 0 Å². The summed E-state index contributed by atoms with van der Waals surface area (Å²) in [7, 11) is 2.06. The molecule has 4 nitrogen and oxygen atoms in total. The molecular formula is C10H23N3O. The van der Waals surface area contributed by atoms with Gasteiger partial charge in [0, 0.05) is 19.1 Å². The average Bonchev–Trinajstić information content (AvgIpc) is 2.14. The SMILES string of the molecule is CC(N)C(C)CCN(C)CCNC=O. The third kappa shape index (κ3) is 6.86. The maximum absolute atomic E-state index is 10.00. The Morgan fingerprint density at radius 3 is 2.57 bits per heavy atom. The first-order valence-corrected chi connectivity index (χ1v) is 5.19. The molecule has 2 atom stereocenters. The van der Waals surface area contributed by atoms with Gasteiger partial charge in [-0.05, 0) is 32.9 Å². The zero-order valence-electron chi connectivity index (χ0n) is 9.49. The number of hydrogen-bond donors (Lipinski definition) is 2. The molecule has 0 bridgehead atoms. The van der Waals surface area contributed by atoms with Crippen molar-refractivity contribution in [1.29, 1.82) is 0 Å². The molecule has 0 aromatic carbocycles. The fraction of sp³-hybridized carbons (Fsp3) is 0.900. The first kappa shape index (κ1) is 13.4. The van der Waals surface area contributed by atoms with E-state index < -0.39 is 0 Å². The third-order valence-corrected chi connectivity index (χ3v) is 2.58. The number of carbonyl (C=O) groups is 1. The summed E-state index contributed by atoms with van der Waals surface area (Å²) in [5, 5.41) is 2.64. The highest BCUT2D eigenvalue weighted by Gasteiger charge is 2.08. The first-order valence-electron chi connectivity index (χ1n) is 5.19. The minimum atomic E-state index is 0.261. The smallest absolute Gasteiger partial charge is 0.207 e. The number of nitrogens with two attached hydrogens (primary N) is 1. The molecule has 0 heterocycles. The van der Waals surface area contributed by atoms with Gasteiger partial charge in [0.25, 0.3) is 0 Å². The van der Waals surface area contributed by atoms with Crippen molar-refractivity contribution in [2.45, 2.75) is 26.3 Å². The van der Waals surface area contributed by atoms with Crippen molar-refractivity contribution in [3.8, 4) is 0 Å². The molecule has 14 heavy (non-hydrogen) atoms. The highest BCUT2D eigenvalue weighted by atomic mass is 16.1. The van der Waals surface area contributed by atoms with E-state index in [1.54, 1.807) is 0 Å². The van der Waals surface area contributed by atoms with Gasteiger partial charge in [0.15, 0.2) is 0 Å². The van der Waals surface area contributed by atoms with Crippen molar-refractivity contribution in [3.63, 3.8) is 0 Å². The molecular weight excluding hydrogens is 178 g/mol. The summed E-state index contributed by atoms with van der Waals surface area (Å²) >= 11 is 0. The minimum absolute atomic E-state index is 0.261. The Morgan fingerprint density at radius 2 is 2.07 bits per heavy atom. The fourth-order valence-electron chi connectivity index (χ4n) is 1.11. The maximum Gasteiger partial charge on any atom is 0.207 e. The average molecular weight is 201 g/mol. The number of nitrogens with one attached hydrogen (secondary N) is 1. The van der Waals surface area contributed by atoms with E-state index in [9.17, 15) is 4.79 Å². The molecule has 0 aromatic rings. The van der Waals surface area contributed by atoms with Gasteiger partial charge in [-0.1, -0.05) is 6.92 Å². The minimum Gasteiger partial charge on any atom is -0.357 e. The molecule has 0 saturated carbocycles. The van der Waals surface area contributed by atoms with Crippen LogP contribution in [0.25, 0.3) is 0 Å². The molecule has 2 unspecified atom stereocenters. The van der Waals surface area contributed by atoms with Crippen molar-refractivity contribution in [2.75, 3.05) is 26.7 Å². The first-order chi connectivity index (χ1) is 6.57. The molecule has 0 radical (unpaired) electrons. The van der Waals surface area contributed by atoms with Gasteiger partial charge in [0.2, 0.25) is 6.41 Å². The van der Waals surface area contributed by atoms with E-state index in [2.05, 4.69) is 24.2 Å². The van der Waals surface area contributed by atoms with Crippen molar-refractivity contribution in [2.24, 2.45) is 11.7 Å². The van der Waals surface area contributed by atoms with Crippen molar-refractivity contribution in [3.05, 3.63) is 0 Å². The van der Waals surface area contributed by atoms with E-state index in [-0.39, 0.29) is 6.04 Å². The van der Waals surface area contributed by atoms with Gasteiger partial charge in [-0.3, -0.25) is 4.79 Å². The molecule has 0 fully saturated rings. The van der Waals surface area contributed by atoms with Gasteiger partial charge in [-0.15, -0.1) is 0 Å². The number of amides is 1. The highest BCUT2D eigenvalue weighted by molar-refractivity contribution is 5.45. The molecule has 0 aromatic heterocycles. The Kier molecular flexibility index (Phi) is 7.42. The van der Waals surface area contributed by atoms with Crippen LogP contribution >= 0.6 is 0 Å². The van der Waals surface area contributed by atoms with Gasteiger partial charge in [0.05, 0.1) is 0 Å². The molecule has 0 aliphatic rings. The summed E-state index contributed by atoms with van der Waals surface area (Å²) in [6.07, 6.45) is 1.84. The van der Waals surface area contributed by atoms with Gasteiger partial charge < -0.3 is 16.0 Å². The quantitative estimate of drug-likeness (QED) is 0.430. The van der Waals surface area contributed by atoms with Crippen LogP contribution in [0.3, 0.4) is 0 Å². The maximum atomic E-state index is 10.00. The largest absolute Gasteiger partial charge is 0.357 e. The summed E-state index contributed by atoms with van der Waals surface area (Å²) in [5.41, 5.74) is 5.77. The normalized spacial score (nSPS) is 15.2. The van der Waals surface area contributed by atoms with Crippen molar-refractivity contribution < 1.29 is 4.79 Å². The van der Waals surface area contributed by atoms with Crippen LogP contribution in [0.5, 0.6) is 0 Å². The molecule has 0 spiro atoms. The Bertz CT molecular complexity index is 150. The van der Waals surface area contributed by atoms with Gasteiger partial charge in [0.1, 0.15) is 0 Å². The van der Waals surface area contributed by atoms with Crippen molar-refractivity contribution in [1.82, 2.24) is 10.2 Å². The standard InChI is InChI=1S/C10H23N3O/c1-9(10(2)11)4-6-13(3)7-5-12-8-14/h8-10H,4-7,11H2,1-3H3,(H,12,14). The Balaban J connectivity index is 3.43. The topological polar surface area (TPSA) is 58.4 Å². The number of rotatable bonds is 8. The highest BCUT2D eigenvalue weighted by Crippen LogP contribution is 2.05. The van der Waals surface area contributed by atoms with E-state index in [1.807, 2.05) is 6.92 Å². The summed E-state index contributed by atoms with van der Waals surface area (Å²) in [5.74, 6) is 0.552. The number of likely N-dealkylation sites (N-methyl/N-ethyl adjacent to an activating group) is 1. The molecule has 0 aliphatic heterocycles. The van der Waals surface area contributed by atoms with Crippen LogP contribution in [0.2, 0.25) is 0 Å². The molecule has 4 heteroatoms. The molecule has 0 saturated heterocycles. The zero-order valence-corrected chi connectivity index (χ0v) is 9.49. The Hall–Kier alpha value is -0.610. The predicted molar refractivity (Wildman–Crippen MR) is 59.0 cm³/mol. The Labute approximate surface area is 86.8 Å². The van der Waals surface area contributed by atoms with E-state index in [0.717, 1.165) is 25.9 Å². The predicted octanol–water partition coefficient (Wildman–Crippen LogP) is 0.0376. The number of hydrogen-bond acceptors (Lipinski definition) is 3. The summed E-state index contributed by atoms with van der Waals surface area (Å²) in [6, 6.07) is 0.261. The van der Waals surface area contributed by atoms with Crippen LogP contribution in [0.1, 0.15) is 20.3 Å². The van der Waals surface area contributed by atoms with Crippen molar-refractivity contribution >= 4 is 6.41 Å². The van der Waals surface area contributed by atoms with Gasteiger partial charge >= 0.3 is 0 Å². The molecule has 0 rings (SSSR count). The Morgan fingerprint density at radius 1 is 1.43 bits per heavy atom. The fourth-order valence-corrected chi connectivity index (χ4v) is 1.11. The number of nitrogens with zero attached hydrogens (tertiary/aromatic N) is 1. The molecule has 0 aliphatic carbocycles. The third-order valence-electron chi connectivity index (χ3n) is 2.58. The van der Waals surface area contributed by atoms with E-state index in [0.29, 0.717) is 12.5 Å². The summed E-state index contributed by atoms with van der Waals surface area (Å²) < 4.78 is 0. The van der Waals surface area contributed by atoms with E-state index in [1.165, 1.54) is 0 Å². The lowest BCUT2D eigenvalue weighted by atomic mass is 10.0. The molecule has 3 N–H and O–H groups in total. The van der Waals surface area contributed by atoms with Crippen LogP contribution in [0.15, 0.2) is 0 Å². The second-order valence-electron chi connectivity index (χ2n) is 4.00. The lowest BCUT2D eigenvalue weighted by Gasteiger charge is -2.20. The summed E-state index contributed by atoms with van der Waals surface area (Å²) in [6.45, 7) is 6.85. The van der Waals surface area contributed by atoms with Crippen LogP contribution in [0, 0.1) is 5.92 Å². The van der Waals surface area contributed by atoms with Crippen LogP contribution in [-0.4, -0.2) is 44.0 Å². The lowest BCUT2D eigenvalue weighted by molar-refractivity contribution is -0.109. The van der Waals surface area contributed by atoms with Crippen LogP contribution in [-0.2, 0) is 4.79 Å². The summed E-state index contributed by atoms with van der Waals surface area (Å²) in [4.78, 5) is 12.2. The zero-order chi connectivity index (χ0) is 11.0. The molecule has 1 amide bonds. The molecule has 84 valence electrons. The van der Waals surface area contributed by atoms with Crippen LogP contribution < -0.4 is 11.1 Å². The van der Waals surface area contributed by atoms with E-state index in [4.69, 9.17) is 5.73 Å². The second-order valence-corrected chi connectivity index (χ2v) is 4.00. The van der Waals surface area contributed by atoms with Gasteiger partial charge in [-0.25, -0.2) is 0 Å².